The molecule has 0 atom stereocenters. The molecule has 140 valence electrons. The molecule has 3 N–H and O–H groups in total. The van der Waals surface area contributed by atoms with Gasteiger partial charge in [0.25, 0.3) is 0 Å². The predicted octanol–water partition coefficient (Wildman–Crippen LogP) is 4.50. The van der Waals surface area contributed by atoms with Crippen LogP contribution in [0.1, 0.15) is 42.3 Å². The molecular weight excluding hydrogens is 441 g/mol. The van der Waals surface area contributed by atoms with E-state index in [9.17, 15) is 4.79 Å². The molecule has 6 heteroatoms. The van der Waals surface area contributed by atoms with Crippen molar-refractivity contribution < 1.29 is 9.53 Å². The molecule has 0 saturated heterocycles. The van der Waals surface area contributed by atoms with Crippen molar-refractivity contribution in [2.45, 2.75) is 39.8 Å². The minimum absolute atomic E-state index is 0. The molecule has 0 aliphatic carbocycles. The molecule has 0 aliphatic rings. The molecular formula is C20H26IN3O2. The number of ether oxygens (including phenoxy) is 1. The first kappa shape index (κ1) is 22.0. The second-order valence-corrected chi connectivity index (χ2v) is 6.90. The molecule has 0 aliphatic heterocycles. The minimum atomic E-state index is -0.520. The minimum Gasteiger partial charge on any atom is -0.456 e. The Labute approximate surface area is 172 Å². The number of rotatable bonds is 4. The summed E-state index contributed by atoms with van der Waals surface area (Å²) >= 11 is 0. The smallest absolute Gasteiger partial charge is 0.338 e. The van der Waals surface area contributed by atoms with Crippen LogP contribution in [0.15, 0.2) is 53.5 Å². The van der Waals surface area contributed by atoms with E-state index in [-0.39, 0.29) is 29.9 Å². The van der Waals surface area contributed by atoms with E-state index in [1.54, 1.807) is 12.1 Å². The van der Waals surface area contributed by atoms with E-state index in [2.05, 4.69) is 10.3 Å². The Morgan fingerprint density at radius 3 is 2.50 bits per heavy atom. The number of aryl methyl sites for hydroxylation is 1. The lowest BCUT2D eigenvalue weighted by Gasteiger charge is -2.19. The van der Waals surface area contributed by atoms with Gasteiger partial charge in [-0.25, -0.2) is 9.79 Å². The maximum Gasteiger partial charge on any atom is 0.338 e. The fraction of sp³-hybridized carbons (Fsp3) is 0.300. The molecule has 2 aromatic carbocycles. The number of carbonyl (C=O) groups excluding carboxylic acids is 1. The normalized spacial score (nSPS) is 11.5. The number of hydrogen-bond acceptors (Lipinski definition) is 3. The monoisotopic (exact) mass is 467 g/mol. The lowest BCUT2D eigenvalue weighted by Crippen LogP contribution is -2.24. The number of guanidine groups is 1. The summed E-state index contributed by atoms with van der Waals surface area (Å²) in [5.74, 6) is -0.0162. The van der Waals surface area contributed by atoms with Gasteiger partial charge in [-0.1, -0.05) is 24.3 Å². The average molecular weight is 467 g/mol. The summed E-state index contributed by atoms with van der Waals surface area (Å²) in [6.45, 7) is 7.92. The Hall–Kier alpha value is -2.09. The van der Waals surface area contributed by atoms with E-state index in [0.717, 1.165) is 16.8 Å². The molecule has 26 heavy (non-hydrogen) atoms. The number of carbonyl (C=O) groups is 1. The number of benzene rings is 2. The molecule has 0 spiro atoms. The van der Waals surface area contributed by atoms with Crippen molar-refractivity contribution in [3.8, 4) is 0 Å². The molecule has 0 heterocycles. The highest BCUT2D eigenvalue weighted by molar-refractivity contribution is 14.0. The Morgan fingerprint density at radius 1 is 1.15 bits per heavy atom. The van der Waals surface area contributed by atoms with Crippen molar-refractivity contribution in [1.29, 1.82) is 0 Å². The third-order valence-electron chi connectivity index (χ3n) is 3.28. The first-order chi connectivity index (χ1) is 11.7. The van der Waals surface area contributed by atoms with Crippen LogP contribution in [-0.2, 0) is 11.3 Å². The summed E-state index contributed by atoms with van der Waals surface area (Å²) in [7, 11) is 0. The summed E-state index contributed by atoms with van der Waals surface area (Å²) in [4.78, 5) is 16.5. The van der Waals surface area contributed by atoms with Crippen LogP contribution >= 0.6 is 24.0 Å². The Balaban J connectivity index is 0.00000338. The Morgan fingerprint density at radius 2 is 1.85 bits per heavy atom. The first-order valence-electron chi connectivity index (χ1n) is 8.19. The lowest BCUT2D eigenvalue weighted by atomic mass is 10.1. The Kier molecular flexibility index (Phi) is 8.08. The number of hydrogen-bond donors (Lipinski definition) is 2. The number of anilines is 1. The quantitative estimate of drug-likeness (QED) is 0.301. The van der Waals surface area contributed by atoms with Gasteiger partial charge in [0.2, 0.25) is 0 Å². The fourth-order valence-electron chi connectivity index (χ4n) is 2.22. The zero-order chi connectivity index (χ0) is 18.4. The van der Waals surface area contributed by atoms with Gasteiger partial charge in [0.05, 0.1) is 12.1 Å². The SMILES string of the molecule is Cc1cccc(NC(N)=NCc2cccc(C(=O)OC(C)(C)C)c2)c1.I. The van der Waals surface area contributed by atoms with Crippen LogP contribution in [0.3, 0.4) is 0 Å². The standard InChI is InChI=1S/C20H25N3O2.HI/c1-14-7-5-10-17(11-14)23-19(21)22-13-15-8-6-9-16(12-15)18(24)25-20(2,3)4;/h5-12H,13H2,1-4H3,(H3,21,22,23);1H. The third-order valence-corrected chi connectivity index (χ3v) is 3.28. The van der Waals surface area contributed by atoms with Crippen LogP contribution in [0.2, 0.25) is 0 Å². The van der Waals surface area contributed by atoms with Gasteiger partial charge in [0, 0.05) is 5.69 Å². The first-order valence-corrected chi connectivity index (χ1v) is 8.19. The van der Waals surface area contributed by atoms with Gasteiger partial charge in [0.1, 0.15) is 5.60 Å². The van der Waals surface area contributed by atoms with Crippen LogP contribution < -0.4 is 11.1 Å². The van der Waals surface area contributed by atoms with Crippen molar-refractivity contribution >= 4 is 41.6 Å². The summed E-state index contributed by atoms with van der Waals surface area (Å²) < 4.78 is 5.38. The van der Waals surface area contributed by atoms with Crippen LogP contribution in [0.4, 0.5) is 5.69 Å². The van der Waals surface area contributed by atoms with E-state index >= 15 is 0 Å². The van der Waals surface area contributed by atoms with Gasteiger partial charge < -0.3 is 15.8 Å². The molecule has 0 saturated carbocycles. The van der Waals surface area contributed by atoms with Crippen molar-refractivity contribution in [2.24, 2.45) is 10.7 Å². The van der Waals surface area contributed by atoms with Crippen LogP contribution in [0.25, 0.3) is 0 Å². The lowest BCUT2D eigenvalue weighted by molar-refractivity contribution is 0.00694. The topological polar surface area (TPSA) is 76.7 Å². The number of halogens is 1. The summed E-state index contributed by atoms with van der Waals surface area (Å²) in [6, 6.07) is 15.1. The highest BCUT2D eigenvalue weighted by Crippen LogP contribution is 2.14. The molecule has 2 rings (SSSR count). The van der Waals surface area contributed by atoms with Crippen molar-refractivity contribution in [2.75, 3.05) is 5.32 Å². The van der Waals surface area contributed by atoms with Crippen molar-refractivity contribution in [3.05, 3.63) is 65.2 Å². The van der Waals surface area contributed by atoms with Crippen molar-refractivity contribution in [3.63, 3.8) is 0 Å². The van der Waals surface area contributed by atoms with Crippen LogP contribution in [-0.4, -0.2) is 17.5 Å². The molecule has 0 unspecified atom stereocenters. The van der Waals surface area contributed by atoms with Gasteiger partial charge in [0.15, 0.2) is 5.96 Å². The maximum atomic E-state index is 12.1. The molecule has 0 fully saturated rings. The molecule has 0 bridgehead atoms. The second kappa shape index (κ2) is 9.56. The van der Waals surface area contributed by atoms with Gasteiger partial charge in [-0.2, -0.15) is 0 Å². The maximum absolute atomic E-state index is 12.1. The molecule has 0 aromatic heterocycles. The molecule has 0 radical (unpaired) electrons. The number of esters is 1. The van der Waals surface area contributed by atoms with E-state index in [1.165, 1.54) is 0 Å². The van der Waals surface area contributed by atoms with Crippen LogP contribution in [0, 0.1) is 6.92 Å². The summed E-state index contributed by atoms with van der Waals surface area (Å²) in [5.41, 5.74) is 8.84. The van der Waals surface area contributed by atoms with Crippen molar-refractivity contribution in [1.82, 2.24) is 0 Å². The average Bonchev–Trinajstić information content (AvgIpc) is 2.52. The largest absolute Gasteiger partial charge is 0.456 e. The molecule has 0 amide bonds. The highest BCUT2D eigenvalue weighted by atomic mass is 127. The Bertz CT molecular complexity index is 783. The van der Waals surface area contributed by atoms with Gasteiger partial charge in [-0.05, 0) is 63.1 Å². The summed E-state index contributed by atoms with van der Waals surface area (Å²) in [6.07, 6.45) is 0. The van der Waals surface area contributed by atoms with Gasteiger partial charge in [-0.15, -0.1) is 24.0 Å². The molecule has 2 aromatic rings. The van der Waals surface area contributed by atoms with E-state index in [4.69, 9.17) is 10.5 Å². The summed E-state index contributed by atoms with van der Waals surface area (Å²) in [5, 5.41) is 3.06. The van der Waals surface area contributed by atoms with E-state index in [1.807, 2.05) is 64.1 Å². The van der Waals surface area contributed by atoms with E-state index < -0.39 is 5.60 Å². The van der Waals surface area contributed by atoms with Gasteiger partial charge in [-0.3, -0.25) is 0 Å². The van der Waals surface area contributed by atoms with E-state index in [0.29, 0.717) is 18.1 Å². The number of aliphatic imine (C=N–C) groups is 1. The number of nitrogens with zero attached hydrogens (tertiary/aromatic N) is 1. The predicted molar refractivity (Wildman–Crippen MR) is 117 cm³/mol. The second-order valence-electron chi connectivity index (χ2n) is 6.90. The third kappa shape index (κ3) is 7.43. The fourth-order valence-corrected chi connectivity index (χ4v) is 2.22. The highest BCUT2D eigenvalue weighted by Gasteiger charge is 2.17. The number of nitrogens with one attached hydrogen (secondary N) is 1. The molecule has 5 nitrogen and oxygen atoms in total. The zero-order valence-electron chi connectivity index (χ0n) is 15.6. The number of nitrogens with two attached hydrogens (primary N) is 1. The van der Waals surface area contributed by atoms with Crippen LogP contribution in [0.5, 0.6) is 0 Å². The zero-order valence-corrected chi connectivity index (χ0v) is 17.9. The van der Waals surface area contributed by atoms with Gasteiger partial charge >= 0.3 is 5.97 Å².